The number of rotatable bonds is 1. The lowest BCUT2D eigenvalue weighted by Crippen LogP contribution is -1.98. The van der Waals surface area contributed by atoms with Crippen LogP contribution in [0.15, 0.2) is 85.1 Å². The van der Waals surface area contributed by atoms with Crippen molar-refractivity contribution in [1.29, 1.82) is 0 Å². The molecule has 4 aromatic rings. The average Bonchev–Trinajstić information content (AvgIpc) is 3.11. The second-order valence-corrected chi connectivity index (χ2v) is 6.07. The molecule has 0 unspecified atom stereocenters. The molecule has 0 aliphatic carbocycles. The van der Waals surface area contributed by atoms with Crippen LogP contribution < -0.4 is 4.74 Å². The van der Waals surface area contributed by atoms with Crippen LogP contribution in [0.2, 0.25) is 0 Å². The third-order valence-electron chi connectivity index (χ3n) is 4.55. The van der Waals surface area contributed by atoms with Crippen molar-refractivity contribution >= 4 is 22.3 Å². The topological polar surface area (TPSA) is 34.4 Å². The number of benzene rings is 3. The molecule has 5 rings (SSSR count). The highest BCUT2D eigenvalue weighted by Crippen LogP contribution is 2.37. The predicted molar refractivity (Wildman–Crippen MR) is 99.8 cm³/mol. The van der Waals surface area contributed by atoms with Crippen molar-refractivity contribution < 1.29 is 9.84 Å². The average molecular weight is 325 g/mol. The first-order chi connectivity index (χ1) is 12.3. The second-order valence-electron chi connectivity index (χ2n) is 6.07. The van der Waals surface area contributed by atoms with Crippen LogP contribution in [0.3, 0.4) is 0 Å². The molecule has 3 aromatic carbocycles. The van der Waals surface area contributed by atoms with Gasteiger partial charge in [0.25, 0.3) is 0 Å². The van der Waals surface area contributed by atoms with Gasteiger partial charge in [0.2, 0.25) is 0 Å². The van der Waals surface area contributed by atoms with E-state index in [1.807, 2.05) is 77.5 Å². The summed E-state index contributed by atoms with van der Waals surface area (Å²) < 4.78 is 8.10. The summed E-state index contributed by atoms with van der Waals surface area (Å²) in [6, 6.07) is 25.8. The highest BCUT2D eigenvalue weighted by molar-refractivity contribution is 5.91. The summed E-state index contributed by atoms with van der Waals surface area (Å²) >= 11 is 0. The van der Waals surface area contributed by atoms with Gasteiger partial charge in [0, 0.05) is 11.8 Å². The van der Waals surface area contributed by atoms with E-state index >= 15 is 0 Å². The van der Waals surface area contributed by atoms with Crippen LogP contribution in [0.5, 0.6) is 5.75 Å². The van der Waals surface area contributed by atoms with Crippen molar-refractivity contribution in [2.75, 3.05) is 0 Å². The lowest BCUT2D eigenvalue weighted by Gasteiger charge is -2.12. The fourth-order valence-electron chi connectivity index (χ4n) is 3.33. The Morgan fingerprint density at radius 2 is 1.56 bits per heavy atom. The maximum atomic E-state index is 10.9. The number of para-hydroxylation sites is 2. The SMILES string of the molecule is OC1=C(c2ccc3ccccc3c2)Oc2ccccc2-n2cccc21. The largest absolute Gasteiger partial charge is 0.503 e. The summed E-state index contributed by atoms with van der Waals surface area (Å²) in [5, 5.41) is 13.2. The van der Waals surface area contributed by atoms with Crippen LogP contribution in [0, 0.1) is 0 Å². The van der Waals surface area contributed by atoms with Crippen molar-refractivity contribution in [3.63, 3.8) is 0 Å². The van der Waals surface area contributed by atoms with Gasteiger partial charge in [-0.3, -0.25) is 0 Å². The van der Waals surface area contributed by atoms with Crippen molar-refractivity contribution in [1.82, 2.24) is 4.57 Å². The van der Waals surface area contributed by atoms with Gasteiger partial charge in [-0.2, -0.15) is 0 Å². The standard InChI is InChI=1S/C22H15NO2/c24-21-19-9-5-13-23(19)18-8-3-4-10-20(18)25-22(21)17-12-11-15-6-1-2-7-16(15)14-17/h1-14,24H. The zero-order valence-corrected chi connectivity index (χ0v) is 13.4. The zero-order valence-electron chi connectivity index (χ0n) is 13.4. The van der Waals surface area contributed by atoms with E-state index in [1.54, 1.807) is 0 Å². The minimum Gasteiger partial charge on any atom is -0.503 e. The molecular formula is C22H15NO2. The van der Waals surface area contributed by atoms with Crippen LogP contribution in [0.25, 0.3) is 28.0 Å². The number of fused-ring (bicyclic) bond motifs is 4. The Bertz CT molecular complexity index is 1140. The van der Waals surface area contributed by atoms with Gasteiger partial charge in [-0.05, 0) is 41.1 Å². The quantitative estimate of drug-likeness (QED) is 0.508. The van der Waals surface area contributed by atoms with E-state index < -0.39 is 0 Å². The maximum absolute atomic E-state index is 10.9. The Morgan fingerprint density at radius 1 is 0.760 bits per heavy atom. The summed E-state index contributed by atoms with van der Waals surface area (Å²) in [5.74, 6) is 1.32. The Hall–Kier alpha value is -3.46. The van der Waals surface area contributed by atoms with Gasteiger partial charge >= 0.3 is 0 Å². The molecule has 25 heavy (non-hydrogen) atoms. The molecule has 0 saturated heterocycles. The number of hydrogen-bond donors (Lipinski definition) is 1. The Morgan fingerprint density at radius 3 is 2.48 bits per heavy atom. The molecular weight excluding hydrogens is 310 g/mol. The van der Waals surface area contributed by atoms with Crippen molar-refractivity contribution in [3.05, 3.63) is 96.3 Å². The Kier molecular flexibility index (Phi) is 2.94. The molecule has 0 radical (unpaired) electrons. The fourth-order valence-corrected chi connectivity index (χ4v) is 3.33. The first-order valence-corrected chi connectivity index (χ1v) is 8.19. The van der Waals surface area contributed by atoms with E-state index in [4.69, 9.17) is 4.74 Å². The summed E-state index contributed by atoms with van der Waals surface area (Å²) in [5.41, 5.74) is 2.47. The molecule has 0 bridgehead atoms. The normalized spacial score (nSPS) is 13.1. The summed E-state index contributed by atoms with van der Waals surface area (Å²) in [6.45, 7) is 0. The molecule has 2 heterocycles. The molecule has 1 aromatic heterocycles. The molecule has 0 atom stereocenters. The van der Waals surface area contributed by atoms with Gasteiger partial charge in [-0.15, -0.1) is 0 Å². The summed E-state index contributed by atoms with van der Waals surface area (Å²) in [7, 11) is 0. The molecule has 1 aliphatic rings. The van der Waals surface area contributed by atoms with Gasteiger partial charge < -0.3 is 14.4 Å². The highest BCUT2D eigenvalue weighted by atomic mass is 16.5. The minimum atomic E-state index is 0.136. The molecule has 3 heteroatoms. The Balaban J connectivity index is 1.76. The van der Waals surface area contributed by atoms with Gasteiger partial charge in [0.05, 0.1) is 11.4 Å². The van der Waals surface area contributed by atoms with Crippen LogP contribution in [0.4, 0.5) is 0 Å². The summed E-state index contributed by atoms with van der Waals surface area (Å²) in [6.07, 6.45) is 1.93. The second kappa shape index (κ2) is 5.28. The predicted octanol–water partition coefficient (Wildman–Crippen LogP) is 5.41. The third-order valence-corrected chi connectivity index (χ3v) is 4.55. The van der Waals surface area contributed by atoms with E-state index in [0.717, 1.165) is 22.0 Å². The number of aliphatic hydroxyl groups excluding tert-OH is 1. The molecule has 1 aliphatic heterocycles. The first-order valence-electron chi connectivity index (χ1n) is 8.19. The van der Waals surface area contributed by atoms with Crippen LogP contribution in [0.1, 0.15) is 11.3 Å². The zero-order chi connectivity index (χ0) is 16.8. The van der Waals surface area contributed by atoms with E-state index in [9.17, 15) is 5.11 Å². The van der Waals surface area contributed by atoms with Crippen molar-refractivity contribution in [2.45, 2.75) is 0 Å². The van der Waals surface area contributed by atoms with Crippen molar-refractivity contribution in [3.8, 4) is 11.4 Å². The molecule has 0 spiro atoms. The third kappa shape index (κ3) is 2.13. The van der Waals surface area contributed by atoms with Crippen molar-refractivity contribution in [2.24, 2.45) is 0 Å². The molecule has 0 saturated carbocycles. The first kappa shape index (κ1) is 13.9. The summed E-state index contributed by atoms with van der Waals surface area (Å²) in [4.78, 5) is 0. The highest BCUT2D eigenvalue weighted by Gasteiger charge is 2.23. The van der Waals surface area contributed by atoms with Crippen LogP contribution in [-0.2, 0) is 0 Å². The lowest BCUT2D eigenvalue weighted by molar-refractivity contribution is 0.468. The fraction of sp³-hybridized carbons (Fsp3) is 0. The Labute approximate surface area is 145 Å². The molecule has 3 nitrogen and oxygen atoms in total. The molecule has 0 fully saturated rings. The number of nitrogens with zero attached hydrogens (tertiary/aromatic N) is 1. The van der Waals surface area contributed by atoms with Crippen LogP contribution in [-0.4, -0.2) is 9.67 Å². The molecule has 0 amide bonds. The number of ether oxygens (including phenoxy) is 1. The van der Waals surface area contributed by atoms with Gasteiger partial charge in [0.15, 0.2) is 17.3 Å². The van der Waals surface area contributed by atoms with Gasteiger partial charge in [-0.1, -0.05) is 48.5 Å². The monoisotopic (exact) mass is 325 g/mol. The van der Waals surface area contributed by atoms with Gasteiger partial charge in [-0.25, -0.2) is 0 Å². The van der Waals surface area contributed by atoms with Gasteiger partial charge in [0.1, 0.15) is 0 Å². The maximum Gasteiger partial charge on any atom is 0.183 e. The number of aliphatic hydroxyl groups is 1. The number of hydrogen-bond acceptors (Lipinski definition) is 2. The van der Waals surface area contributed by atoms with E-state index in [-0.39, 0.29) is 5.76 Å². The van der Waals surface area contributed by atoms with Crippen LogP contribution >= 0.6 is 0 Å². The van der Waals surface area contributed by atoms with E-state index in [0.29, 0.717) is 17.2 Å². The lowest BCUT2D eigenvalue weighted by atomic mass is 10.0. The van der Waals surface area contributed by atoms with E-state index in [2.05, 4.69) is 12.1 Å². The molecule has 120 valence electrons. The van der Waals surface area contributed by atoms with E-state index in [1.165, 1.54) is 0 Å². The number of aromatic nitrogens is 1. The minimum absolute atomic E-state index is 0.136. The smallest absolute Gasteiger partial charge is 0.183 e. The molecule has 1 N–H and O–H groups in total.